The van der Waals surface area contributed by atoms with Gasteiger partial charge in [-0.05, 0) is 5.56 Å². The number of amides is 2. The Morgan fingerprint density at radius 3 is 2.38 bits per heavy atom. The summed E-state index contributed by atoms with van der Waals surface area (Å²) in [5.41, 5.74) is 0.932. The number of hydrogen-bond acceptors (Lipinski definition) is 4. The molecule has 5 heteroatoms. The fourth-order valence-corrected chi connectivity index (χ4v) is 2.03. The largest absolute Gasteiger partial charge is 0.271 e. The second kappa shape index (κ2) is 5.14. The van der Waals surface area contributed by atoms with Crippen LogP contribution in [-0.4, -0.2) is 28.4 Å². The van der Waals surface area contributed by atoms with Crippen molar-refractivity contribution in [1.82, 2.24) is 5.06 Å². The highest BCUT2D eigenvalue weighted by Crippen LogP contribution is 2.13. The molecule has 0 atom stereocenters. The van der Waals surface area contributed by atoms with Crippen LogP contribution in [-0.2, 0) is 21.0 Å². The summed E-state index contributed by atoms with van der Waals surface area (Å²) in [4.78, 5) is 28.0. The number of imide groups is 1. The molecule has 1 aliphatic heterocycles. The van der Waals surface area contributed by atoms with Crippen LogP contribution < -0.4 is 0 Å². The molecule has 1 heterocycles. The van der Waals surface area contributed by atoms with Gasteiger partial charge in [-0.1, -0.05) is 30.3 Å². The normalized spacial score (nSPS) is 16.6. The molecular weight excluding hydrogens is 226 g/mol. The van der Waals surface area contributed by atoms with Gasteiger partial charge in [-0.15, -0.1) is 11.8 Å². The van der Waals surface area contributed by atoms with Gasteiger partial charge in [-0.2, -0.15) is 5.06 Å². The third kappa shape index (κ3) is 2.62. The summed E-state index contributed by atoms with van der Waals surface area (Å²) in [6.07, 6.45) is 0. The summed E-state index contributed by atoms with van der Waals surface area (Å²) in [7, 11) is 0. The summed E-state index contributed by atoms with van der Waals surface area (Å²) in [6.45, 7) is 0.239. The van der Waals surface area contributed by atoms with Crippen molar-refractivity contribution in [3.63, 3.8) is 0 Å². The van der Waals surface area contributed by atoms with Crippen LogP contribution in [0.4, 0.5) is 0 Å². The van der Waals surface area contributed by atoms with E-state index in [0.29, 0.717) is 11.5 Å². The van der Waals surface area contributed by atoms with E-state index in [2.05, 4.69) is 0 Å². The van der Waals surface area contributed by atoms with Crippen molar-refractivity contribution in [3.05, 3.63) is 35.9 Å². The summed E-state index contributed by atoms with van der Waals surface area (Å²) in [5.74, 6) is 0.0514. The lowest BCUT2D eigenvalue weighted by atomic mass is 10.2. The Bertz CT molecular complexity index is 377. The van der Waals surface area contributed by atoms with E-state index >= 15 is 0 Å². The number of carbonyl (C=O) groups is 2. The second-order valence-electron chi connectivity index (χ2n) is 3.33. The van der Waals surface area contributed by atoms with E-state index in [9.17, 15) is 9.59 Å². The molecule has 0 bridgehead atoms. The monoisotopic (exact) mass is 237 g/mol. The summed E-state index contributed by atoms with van der Waals surface area (Å²) >= 11 is 1.32. The van der Waals surface area contributed by atoms with Crippen LogP contribution in [0.3, 0.4) is 0 Å². The molecule has 0 N–H and O–H groups in total. The Kier molecular flexibility index (Phi) is 3.58. The van der Waals surface area contributed by atoms with Gasteiger partial charge in [-0.25, -0.2) is 0 Å². The average Bonchev–Trinajstić information content (AvgIpc) is 2.30. The van der Waals surface area contributed by atoms with Gasteiger partial charge in [0.1, 0.15) is 6.61 Å². The zero-order chi connectivity index (χ0) is 11.4. The number of thioether (sulfide) groups is 1. The molecule has 16 heavy (non-hydrogen) atoms. The minimum atomic E-state index is -0.280. The van der Waals surface area contributed by atoms with E-state index in [0.717, 1.165) is 10.6 Å². The molecule has 0 radical (unpaired) electrons. The summed E-state index contributed by atoms with van der Waals surface area (Å²) in [6, 6.07) is 9.43. The van der Waals surface area contributed by atoms with Crippen LogP contribution in [0.25, 0.3) is 0 Å². The van der Waals surface area contributed by atoms with Crippen molar-refractivity contribution >= 4 is 23.6 Å². The van der Waals surface area contributed by atoms with E-state index < -0.39 is 0 Å². The molecule has 1 fully saturated rings. The van der Waals surface area contributed by atoms with Crippen molar-refractivity contribution in [2.45, 2.75) is 6.61 Å². The van der Waals surface area contributed by atoms with Crippen molar-refractivity contribution in [2.75, 3.05) is 11.5 Å². The molecule has 1 aliphatic rings. The highest BCUT2D eigenvalue weighted by atomic mass is 32.2. The van der Waals surface area contributed by atoms with Crippen LogP contribution in [0.15, 0.2) is 30.3 Å². The highest BCUT2D eigenvalue weighted by Gasteiger charge is 2.27. The number of nitrogens with zero attached hydrogens (tertiary/aromatic N) is 1. The van der Waals surface area contributed by atoms with Gasteiger partial charge < -0.3 is 0 Å². The van der Waals surface area contributed by atoms with Crippen LogP contribution in [0.2, 0.25) is 0 Å². The Morgan fingerprint density at radius 1 is 1.12 bits per heavy atom. The third-order valence-corrected chi connectivity index (χ3v) is 3.01. The van der Waals surface area contributed by atoms with Crippen LogP contribution in [0.5, 0.6) is 0 Å². The molecule has 0 spiro atoms. The fraction of sp³-hybridized carbons (Fsp3) is 0.273. The van der Waals surface area contributed by atoms with E-state index in [1.807, 2.05) is 30.3 Å². The van der Waals surface area contributed by atoms with Gasteiger partial charge in [0.15, 0.2) is 0 Å². The molecule has 1 aromatic rings. The maximum Gasteiger partial charge on any atom is 0.263 e. The molecule has 2 amide bonds. The quantitative estimate of drug-likeness (QED) is 0.742. The predicted molar refractivity (Wildman–Crippen MR) is 60.4 cm³/mol. The van der Waals surface area contributed by atoms with E-state index in [1.165, 1.54) is 11.8 Å². The standard InChI is InChI=1S/C11H11NO3S/c13-10-7-16-8-11(14)12(10)15-6-9-4-2-1-3-5-9/h1-5H,6-8H2. The van der Waals surface area contributed by atoms with Crippen LogP contribution in [0, 0.1) is 0 Å². The maximum atomic E-state index is 11.4. The molecule has 0 aromatic heterocycles. The van der Waals surface area contributed by atoms with Gasteiger partial charge in [0.2, 0.25) is 0 Å². The Labute approximate surface area is 97.5 Å². The average molecular weight is 237 g/mol. The van der Waals surface area contributed by atoms with Gasteiger partial charge in [0.05, 0.1) is 11.5 Å². The zero-order valence-electron chi connectivity index (χ0n) is 8.59. The van der Waals surface area contributed by atoms with Gasteiger partial charge >= 0.3 is 0 Å². The molecular formula is C11H11NO3S. The lowest BCUT2D eigenvalue weighted by Crippen LogP contribution is -2.42. The van der Waals surface area contributed by atoms with Crippen molar-refractivity contribution in [3.8, 4) is 0 Å². The zero-order valence-corrected chi connectivity index (χ0v) is 9.40. The lowest BCUT2D eigenvalue weighted by molar-refractivity contribution is -0.195. The summed E-state index contributed by atoms with van der Waals surface area (Å²) < 4.78 is 0. The second-order valence-corrected chi connectivity index (χ2v) is 4.32. The smallest absolute Gasteiger partial charge is 0.263 e. The van der Waals surface area contributed by atoms with Gasteiger partial charge in [0.25, 0.3) is 11.8 Å². The number of hydroxylamine groups is 2. The summed E-state index contributed by atoms with van der Waals surface area (Å²) in [5, 5.41) is 0.878. The number of rotatable bonds is 3. The molecule has 84 valence electrons. The minimum absolute atomic E-state index is 0.239. The first-order valence-electron chi connectivity index (χ1n) is 4.88. The van der Waals surface area contributed by atoms with Gasteiger partial charge in [0, 0.05) is 0 Å². The molecule has 4 nitrogen and oxygen atoms in total. The minimum Gasteiger partial charge on any atom is -0.271 e. The Morgan fingerprint density at radius 2 is 1.75 bits per heavy atom. The number of hydrogen-bond donors (Lipinski definition) is 0. The van der Waals surface area contributed by atoms with E-state index in [-0.39, 0.29) is 18.4 Å². The van der Waals surface area contributed by atoms with Crippen LogP contribution in [0.1, 0.15) is 5.56 Å². The molecule has 1 aromatic carbocycles. The third-order valence-electron chi connectivity index (χ3n) is 2.11. The van der Waals surface area contributed by atoms with Crippen molar-refractivity contribution in [1.29, 1.82) is 0 Å². The SMILES string of the molecule is O=C1CSCC(=O)N1OCc1ccccc1. The van der Waals surface area contributed by atoms with E-state index in [1.54, 1.807) is 0 Å². The number of carbonyl (C=O) groups excluding carboxylic acids is 2. The van der Waals surface area contributed by atoms with Crippen LogP contribution >= 0.6 is 11.8 Å². The molecule has 0 unspecified atom stereocenters. The first-order valence-corrected chi connectivity index (χ1v) is 6.03. The van der Waals surface area contributed by atoms with Gasteiger partial charge in [-0.3, -0.25) is 14.4 Å². The maximum absolute atomic E-state index is 11.4. The Balaban J connectivity index is 1.94. The van der Waals surface area contributed by atoms with Crippen molar-refractivity contribution in [2.24, 2.45) is 0 Å². The molecule has 1 saturated heterocycles. The van der Waals surface area contributed by atoms with E-state index in [4.69, 9.17) is 4.84 Å². The highest BCUT2D eigenvalue weighted by molar-refractivity contribution is 8.00. The number of benzene rings is 1. The lowest BCUT2D eigenvalue weighted by Gasteiger charge is -2.23. The van der Waals surface area contributed by atoms with Crippen molar-refractivity contribution < 1.29 is 14.4 Å². The first-order chi connectivity index (χ1) is 7.77. The molecule has 0 aliphatic carbocycles. The predicted octanol–water partition coefficient (Wildman–Crippen LogP) is 1.22. The molecule has 0 saturated carbocycles. The molecule has 2 rings (SSSR count). The Hall–Kier alpha value is -1.33. The fourth-order valence-electron chi connectivity index (χ4n) is 1.34. The topological polar surface area (TPSA) is 46.6 Å². The first kappa shape index (κ1) is 11.2.